The van der Waals surface area contributed by atoms with Gasteiger partial charge in [-0.1, -0.05) is 29.6 Å². The number of halogens is 2. The molecule has 0 spiro atoms. The molecule has 22 heavy (non-hydrogen) atoms. The van der Waals surface area contributed by atoms with E-state index in [0.717, 1.165) is 32.1 Å². The van der Waals surface area contributed by atoms with Gasteiger partial charge in [0.25, 0.3) is 0 Å². The molecule has 0 aromatic heterocycles. The van der Waals surface area contributed by atoms with Crippen molar-refractivity contribution >= 4 is 40.7 Å². The summed E-state index contributed by atoms with van der Waals surface area (Å²) >= 11 is 12.0. The van der Waals surface area contributed by atoms with E-state index in [1.54, 1.807) is 18.2 Å². The first kappa shape index (κ1) is 14.5. The second-order valence-electron chi connectivity index (χ2n) is 6.69. The minimum atomic E-state index is -0.122. The Morgan fingerprint density at radius 1 is 0.864 bits per heavy atom. The van der Waals surface area contributed by atoms with Gasteiger partial charge < -0.3 is 0 Å². The number of fused-ring (bicyclic) bond motifs is 3. The summed E-state index contributed by atoms with van der Waals surface area (Å²) in [5.74, 6) is 0.419. The van der Waals surface area contributed by atoms with Crippen LogP contribution in [0.25, 0.3) is 0 Å². The summed E-state index contributed by atoms with van der Waals surface area (Å²) in [6.45, 7) is 0. The van der Waals surface area contributed by atoms with E-state index in [4.69, 9.17) is 23.2 Å². The Morgan fingerprint density at radius 2 is 1.45 bits per heavy atom. The number of carbonyl (C=O) groups excluding carboxylic acids is 2. The van der Waals surface area contributed by atoms with Crippen LogP contribution >= 0.6 is 23.2 Å². The topological polar surface area (TPSA) is 37.4 Å². The first-order valence-corrected chi connectivity index (χ1v) is 8.66. The highest BCUT2D eigenvalue weighted by Gasteiger charge is 2.56. The first-order chi connectivity index (χ1) is 10.6. The predicted octanol–water partition coefficient (Wildman–Crippen LogP) is 4.31. The van der Waals surface area contributed by atoms with Gasteiger partial charge in [-0.3, -0.25) is 9.59 Å². The number of anilines is 1. The Kier molecular flexibility index (Phi) is 3.46. The van der Waals surface area contributed by atoms with Crippen molar-refractivity contribution in [1.29, 1.82) is 0 Å². The predicted molar refractivity (Wildman–Crippen MR) is 86.0 cm³/mol. The molecule has 1 aliphatic heterocycles. The average molecular weight is 338 g/mol. The van der Waals surface area contributed by atoms with Gasteiger partial charge in [0.15, 0.2) is 0 Å². The molecule has 2 amide bonds. The monoisotopic (exact) mass is 337 g/mol. The third-order valence-corrected chi connectivity index (χ3v) is 6.37. The Bertz CT molecular complexity index is 626. The van der Waals surface area contributed by atoms with E-state index in [0.29, 0.717) is 27.6 Å². The normalized spacial score (nSPS) is 34.0. The molecule has 3 nitrogen and oxygen atoms in total. The van der Waals surface area contributed by atoms with Crippen LogP contribution in [-0.2, 0) is 9.59 Å². The molecule has 3 saturated carbocycles. The fourth-order valence-corrected chi connectivity index (χ4v) is 4.95. The van der Waals surface area contributed by atoms with E-state index in [1.165, 1.54) is 4.90 Å². The molecule has 5 rings (SSSR count). The maximum atomic E-state index is 12.9. The van der Waals surface area contributed by atoms with Crippen LogP contribution in [0.5, 0.6) is 0 Å². The lowest BCUT2D eigenvalue weighted by Gasteiger charge is -2.32. The van der Waals surface area contributed by atoms with Crippen LogP contribution in [-0.4, -0.2) is 11.8 Å². The number of rotatable bonds is 1. The first-order valence-electron chi connectivity index (χ1n) is 7.91. The molecular weight excluding hydrogens is 321 g/mol. The molecular formula is C17H17Cl2NO2. The van der Waals surface area contributed by atoms with Crippen LogP contribution in [0.2, 0.25) is 10.0 Å². The van der Waals surface area contributed by atoms with Crippen LogP contribution in [0.4, 0.5) is 5.69 Å². The van der Waals surface area contributed by atoms with Gasteiger partial charge in [-0.25, -0.2) is 4.90 Å². The molecule has 1 heterocycles. The summed E-state index contributed by atoms with van der Waals surface area (Å²) in [7, 11) is 0. The van der Waals surface area contributed by atoms with Crippen molar-refractivity contribution in [1.82, 2.24) is 0 Å². The molecule has 1 aromatic carbocycles. The molecule has 1 aromatic rings. The molecule has 0 N–H and O–H groups in total. The van der Waals surface area contributed by atoms with E-state index in [9.17, 15) is 9.59 Å². The number of nitrogens with zero attached hydrogens (tertiary/aromatic N) is 1. The van der Waals surface area contributed by atoms with Crippen molar-refractivity contribution in [3.8, 4) is 0 Å². The van der Waals surface area contributed by atoms with Crippen molar-refractivity contribution in [3.63, 3.8) is 0 Å². The number of imide groups is 1. The fourth-order valence-electron chi connectivity index (χ4n) is 4.66. The zero-order valence-corrected chi connectivity index (χ0v) is 13.6. The largest absolute Gasteiger partial charge is 0.274 e. The Hall–Kier alpha value is -1.06. The lowest BCUT2D eigenvalue weighted by molar-refractivity contribution is -0.124. The van der Waals surface area contributed by atoms with Gasteiger partial charge in [0, 0.05) is 0 Å². The van der Waals surface area contributed by atoms with Crippen molar-refractivity contribution in [2.24, 2.45) is 23.7 Å². The smallest absolute Gasteiger partial charge is 0.237 e. The van der Waals surface area contributed by atoms with E-state index >= 15 is 0 Å². The van der Waals surface area contributed by atoms with Crippen molar-refractivity contribution < 1.29 is 9.59 Å². The Balaban J connectivity index is 1.75. The standard InChI is InChI=1S/C17H17Cl2NO2/c18-12-7-6-11(8-13(12)19)20-16(21)14-9-2-1-3-10(5-4-9)15(14)17(20)22/h6-10,14-15H,1-5H2/t9-,10+,14+,15-. The highest BCUT2D eigenvalue weighted by Crippen LogP contribution is 2.51. The lowest BCUT2D eigenvalue weighted by atomic mass is 9.69. The van der Waals surface area contributed by atoms with Gasteiger partial charge in [-0.2, -0.15) is 0 Å². The minimum Gasteiger partial charge on any atom is -0.274 e. The van der Waals surface area contributed by atoms with Gasteiger partial charge in [0.1, 0.15) is 0 Å². The summed E-state index contributed by atoms with van der Waals surface area (Å²) in [5, 5.41) is 0.800. The molecule has 2 bridgehead atoms. The molecule has 1 saturated heterocycles. The van der Waals surface area contributed by atoms with Crippen LogP contribution in [0.1, 0.15) is 32.1 Å². The minimum absolute atomic E-state index is 0.0370. The summed E-state index contributed by atoms with van der Waals surface area (Å²) in [4.78, 5) is 27.2. The zero-order valence-electron chi connectivity index (χ0n) is 12.1. The van der Waals surface area contributed by atoms with Crippen molar-refractivity contribution in [3.05, 3.63) is 28.2 Å². The maximum absolute atomic E-state index is 12.9. The number of benzene rings is 1. The molecule has 116 valence electrons. The quantitative estimate of drug-likeness (QED) is 0.716. The van der Waals surface area contributed by atoms with Crippen LogP contribution in [0.3, 0.4) is 0 Å². The summed E-state index contributed by atoms with van der Waals surface area (Å²) in [6, 6.07) is 4.96. The average Bonchev–Trinajstić information content (AvgIpc) is 2.71. The number of hydrogen-bond donors (Lipinski definition) is 0. The van der Waals surface area contributed by atoms with Gasteiger partial charge in [-0.05, 0) is 55.7 Å². The van der Waals surface area contributed by atoms with Gasteiger partial charge >= 0.3 is 0 Å². The zero-order chi connectivity index (χ0) is 15.4. The van der Waals surface area contributed by atoms with Gasteiger partial charge in [0.2, 0.25) is 11.8 Å². The Labute approximate surface area is 139 Å². The van der Waals surface area contributed by atoms with E-state index in [1.807, 2.05) is 0 Å². The van der Waals surface area contributed by atoms with Crippen LogP contribution in [0, 0.1) is 23.7 Å². The van der Waals surface area contributed by atoms with Crippen molar-refractivity contribution in [2.45, 2.75) is 32.1 Å². The Morgan fingerprint density at radius 3 is 2.00 bits per heavy atom. The second-order valence-corrected chi connectivity index (χ2v) is 7.50. The lowest BCUT2D eigenvalue weighted by Crippen LogP contribution is -2.34. The van der Waals surface area contributed by atoms with E-state index < -0.39 is 0 Å². The van der Waals surface area contributed by atoms with Gasteiger partial charge in [-0.15, -0.1) is 0 Å². The number of carbonyl (C=O) groups is 2. The molecule has 0 unspecified atom stereocenters. The number of amides is 2. The molecule has 3 aliphatic carbocycles. The molecule has 5 heteroatoms. The molecule has 0 radical (unpaired) electrons. The maximum Gasteiger partial charge on any atom is 0.237 e. The highest BCUT2D eigenvalue weighted by molar-refractivity contribution is 6.42. The fraction of sp³-hybridized carbons (Fsp3) is 0.529. The second kappa shape index (κ2) is 5.24. The number of hydrogen-bond acceptors (Lipinski definition) is 2. The van der Waals surface area contributed by atoms with E-state index in [2.05, 4.69) is 0 Å². The molecule has 4 aliphatic rings. The van der Waals surface area contributed by atoms with E-state index in [-0.39, 0.29) is 23.7 Å². The molecule has 4 atom stereocenters. The van der Waals surface area contributed by atoms with Gasteiger partial charge in [0.05, 0.1) is 27.6 Å². The summed E-state index contributed by atoms with van der Waals surface area (Å²) in [6.07, 6.45) is 5.47. The third-order valence-electron chi connectivity index (χ3n) is 5.63. The highest BCUT2D eigenvalue weighted by atomic mass is 35.5. The third kappa shape index (κ3) is 2.02. The van der Waals surface area contributed by atoms with Crippen LogP contribution < -0.4 is 4.90 Å². The summed E-state index contributed by atoms with van der Waals surface area (Å²) in [5.41, 5.74) is 0.553. The van der Waals surface area contributed by atoms with Crippen molar-refractivity contribution in [2.75, 3.05) is 4.90 Å². The molecule has 4 fully saturated rings. The van der Waals surface area contributed by atoms with Crippen LogP contribution in [0.15, 0.2) is 18.2 Å². The summed E-state index contributed by atoms with van der Waals surface area (Å²) < 4.78 is 0. The SMILES string of the molecule is O=C1[C@@H]2[C@H]3CCC[C@H](CC3)[C@@H]2C(=O)N1c1ccc(Cl)c(Cl)c1.